The maximum atomic E-state index is 7.83. The molecule has 14 aromatic rings. The van der Waals surface area contributed by atoms with E-state index < -0.39 is 0 Å². The first kappa shape index (κ1) is 57.3. The number of ether oxygens (including phenoxy) is 5. The van der Waals surface area contributed by atoms with Crippen LogP contribution in [0.2, 0.25) is 0 Å². The van der Waals surface area contributed by atoms with Crippen molar-refractivity contribution >= 4 is 68.3 Å². The van der Waals surface area contributed by atoms with Crippen molar-refractivity contribution in [3.63, 3.8) is 0 Å². The minimum atomic E-state index is -0.355. The van der Waals surface area contributed by atoms with E-state index in [0.29, 0.717) is 57.3 Å². The van der Waals surface area contributed by atoms with Crippen LogP contribution < -0.4 is 56.5 Å². The SMILES string of the molecule is CC(C)(C)c1ccc(-n2c(-c3[c-]c(Oc4[c-]c(-c5nc6ccccc6n5-c5ccc(C(C)(C)C)cc5-c5ccccc5)c5c6c4Oc4ccccc4B6c4ccccc4O5)c4c5c3Oc3ccccc3B5c3ccccc3O4)nc3ccccc32)c(-c2ccccc2)c1.[Pt+2]. The Morgan fingerprint density at radius 3 is 1.07 bits per heavy atom. The van der Waals surface area contributed by atoms with E-state index in [2.05, 4.69) is 245 Å². The van der Waals surface area contributed by atoms with Crippen LogP contribution in [0.4, 0.5) is 0 Å². The third-order valence-corrected chi connectivity index (χ3v) is 18.8. The van der Waals surface area contributed by atoms with Crippen LogP contribution in [0.1, 0.15) is 52.7 Å². The van der Waals surface area contributed by atoms with Crippen LogP contribution >= 0.6 is 0 Å². The van der Waals surface area contributed by atoms with Gasteiger partial charge in [-0.2, -0.15) is 0 Å². The number of nitrogens with zero attached hydrogens (tertiary/aromatic N) is 4. The number of para-hydroxylation sites is 8. The molecule has 0 spiro atoms. The van der Waals surface area contributed by atoms with E-state index in [4.69, 9.17) is 33.7 Å². The molecule has 0 saturated carbocycles. The minimum absolute atomic E-state index is 0. The zero-order valence-electron chi connectivity index (χ0n) is 52.4. The minimum Gasteiger partial charge on any atom is -0.503 e. The summed E-state index contributed by atoms with van der Waals surface area (Å²) < 4.78 is 41.7. The smallest absolute Gasteiger partial charge is 0.503 e. The number of aromatic nitrogens is 4. The quantitative estimate of drug-likeness (QED) is 0.111. The second-order valence-electron chi connectivity index (χ2n) is 26.5. The largest absolute Gasteiger partial charge is 2.00 e. The van der Waals surface area contributed by atoms with Gasteiger partial charge >= 0.3 is 21.1 Å². The summed E-state index contributed by atoms with van der Waals surface area (Å²) in [6.45, 7) is 12.8. The van der Waals surface area contributed by atoms with Crippen molar-refractivity contribution in [2.24, 2.45) is 0 Å². The van der Waals surface area contributed by atoms with Crippen LogP contribution in [0.5, 0.6) is 57.5 Å². The van der Waals surface area contributed by atoms with Gasteiger partial charge in [0, 0.05) is 34.0 Å². The van der Waals surface area contributed by atoms with E-state index in [1.165, 1.54) is 11.1 Å². The van der Waals surface area contributed by atoms with Crippen LogP contribution in [0, 0.1) is 12.1 Å². The van der Waals surface area contributed by atoms with E-state index in [9.17, 15) is 0 Å². The van der Waals surface area contributed by atoms with Gasteiger partial charge in [-0.1, -0.05) is 246 Å². The van der Waals surface area contributed by atoms with Crippen molar-refractivity contribution in [3.8, 4) is 114 Å². The predicted molar refractivity (Wildman–Crippen MR) is 374 cm³/mol. The number of benzene rings is 12. The van der Waals surface area contributed by atoms with Gasteiger partial charge in [0.1, 0.15) is 23.0 Å². The summed E-state index contributed by atoms with van der Waals surface area (Å²) in [6.07, 6.45) is 0. The van der Waals surface area contributed by atoms with Gasteiger partial charge in [-0.05, 0) is 128 Å². The van der Waals surface area contributed by atoms with Crippen molar-refractivity contribution in [1.29, 1.82) is 0 Å². The molecule has 12 heteroatoms. The zero-order valence-corrected chi connectivity index (χ0v) is 54.7. The summed E-state index contributed by atoms with van der Waals surface area (Å²) >= 11 is 0. The summed E-state index contributed by atoms with van der Waals surface area (Å²) in [7, 11) is 0. The van der Waals surface area contributed by atoms with Crippen molar-refractivity contribution in [2.75, 3.05) is 0 Å². The molecule has 9 nitrogen and oxygen atoms in total. The monoisotopic (exact) mass is 1400 g/mol. The van der Waals surface area contributed by atoms with Gasteiger partial charge in [0.15, 0.2) is 0 Å². The molecule has 0 radical (unpaired) electrons. The number of hydrogen-bond acceptors (Lipinski definition) is 7. The number of rotatable bonds is 8. The van der Waals surface area contributed by atoms with Gasteiger partial charge in [0.2, 0.25) is 13.4 Å². The molecule has 4 aliphatic rings. The summed E-state index contributed by atoms with van der Waals surface area (Å²) in [5, 5.41) is 0. The first-order valence-electron chi connectivity index (χ1n) is 31.8. The number of imidazole rings is 2. The molecule has 452 valence electrons. The molecular weight excluding hydrogens is 1340 g/mol. The van der Waals surface area contributed by atoms with Gasteiger partial charge in [-0.25, -0.2) is 0 Å². The Kier molecular flexibility index (Phi) is 13.3. The molecule has 0 atom stereocenters. The third-order valence-electron chi connectivity index (χ3n) is 18.8. The van der Waals surface area contributed by atoms with E-state index in [-0.39, 0.29) is 56.8 Å². The fourth-order valence-corrected chi connectivity index (χ4v) is 14.3. The average molecular weight is 1400 g/mol. The summed E-state index contributed by atoms with van der Waals surface area (Å²) in [5.41, 5.74) is 18.3. The molecule has 0 aliphatic carbocycles. The standard InChI is InChI=1S/C82H58B2N4O5.Pt/c1-81(2,3)51-41-43-63(53(45-51)49-25-9-7-10-26-49)87-65-35-19-17-33-61(65)85-79(87)55-47-71(77-73-75(55)90-67-37-21-13-29-57(67)83(73)59-31-15-23-39-69(59)92-77)89-72-48-56(76-74-78(72)93-70-40-24-16-32-60(70)84(74)58-30-14-22-38-68(58)91-76)80-86-62-34-18-20-36-66(62)88(80)64-44-42-52(82(4,5)6)46-54(64)50-27-11-8-12-28-50;/h7-46H,1-6H3;/q-2;+2. The van der Waals surface area contributed by atoms with Crippen molar-refractivity contribution in [2.45, 2.75) is 52.4 Å². The second kappa shape index (κ2) is 21.8. The second-order valence-corrected chi connectivity index (χ2v) is 26.5. The summed E-state index contributed by atoms with van der Waals surface area (Å²) in [6, 6.07) is 92.3. The molecule has 0 fully saturated rings. The first-order valence-corrected chi connectivity index (χ1v) is 31.8. The van der Waals surface area contributed by atoms with Gasteiger partial charge in [-0.3, -0.25) is 9.97 Å². The van der Waals surface area contributed by atoms with Gasteiger partial charge in [0.25, 0.3) is 0 Å². The molecule has 2 aromatic heterocycles. The first-order chi connectivity index (χ1) is 45.4. The Morgan fingerprint density at radius 2 is 0.702 bits per heavy atom. The number of fused-ring (bicyclic) bond motifs is 10. The van der Waals surface area contributed by atoms with E-state index in [1.807, 2.05) is 60.7 Å². The Morgan fingerprint density at radius 1 is 0.372 bits per heavy atom. The van der Waals surface area contributed by atoms with Crippen LogP contribution in [-0.2, 0) is 31.9 Å². The van der Waals surface area contributed by atoms with Crippen LogP contribution in [0.25, 0.3) is 78.5 Å². The maximum Gasteiger partial charge on any atom is 2.00 e. The van der Waals surface area contributed by atoms with E-state index in [0.717, 1.165) is 100.0 Å². The molecule has 6 heterocycles. The zero-order chi connectivity index (χ0) is 62.4. The Labute approximate surface area is 560 Å². The Hall–Kier alpha value is -10.6. The van der Waals surface area contributed by atoms with Gasteiger partial charge in [-0.15, -0.1) is 0 Å². The van der Waals surface area contributed by atoms with E-state index in [1.54, 1.807) is 0 Å². The Balaban J connectivity index is 0.00000672. The van der Waals surface area contributed by atoms with Crippen molar-refractivity contribution in [1.82, 2.24) is 19.1 Å². The normalized spacial score (nSPS) is 13.0. The molecule has 12 aromatic carbocycles. The van der Waals surface area contributed by atoms with Crippen LogP contribution in [-0.4, -0.2) is 32.5 Å². The fraction of sp³-hybridized carbons (Fsp3) is 0.0976. The van der Waals surface area contributed by atoms with Crippen molar-refractivity contribution < 1.29 is 44.7 Å². The maximum absolute atomic E-state index is 7.83. The van der Waals surface area contributed by atoms with Crippen molar-refractivity contribution in [3.05, 3.63) is 266 Å². The van der Waals surface area contributed by atoms with Gasteiger partial charge in [0.05, 0.1) is 56.7 Å². The molecule has 0 saturated heterocycles. The molecule has 0 amide bonds. The molecule has 4 aliphatic heterocycles. The average Bonchev–Trinajstić information content (AvgIpc) is 1.02. The molecular formula is C82H58B2N4O5Pt. The molecule has 0 unspecified atom stereocenters. The Bertz CT molecular complexity index is 5080. The van der Waals surface area contributed by atoms with Gasteiger partial charge < -0.3 is 32.8 Å². The molecule has 94 heavy (non-hydrogen) atoms. The third kappa shape index (κ3) is 9.03. The predicted octanol–water partition coefficient (Wildman–Crippen LogP) is 16.5. The molecule has 0 bridgehead atoms. The number of hydrogen-bond donors (Lipinski definition) is 0. The van der Waals surface area contributed by atoms with Crippen LogP contribution in [0.15, 0.2) is 243 Å². The van der Waals surface area contributed by atoms with E-state index >= 15 is 0 Å². The molecule has 18 rings (SSSR count). The summed E-state index contributed by atoms with van der Waals surface area (Å²) in [5.74, 6) is 6.61. The van der Waals surface area contributed by atoms with Crippen LogP contribution in [0.3, 0.4) is 0 Å². The summed E-state index contributed by atoms with van der Waals surface area (Å²) in [4.78, 5) is 11.3. The fourth-order valence-electron chi connectivity index (χ4n) is 14.3. The molecule has 0 N–H and O–H groups in total. The topological polar surface area (TPSA) is 81.8 Å².